The van der Waals surface area contributed by atoms with Crippen molar-refractivity contribution < 1.29 is 19.4 Å². The average molecular weight is 392 g/mol. The Morgan fingerprint density at radius 2 is 1.76 bits per heavy atom. The molecule has 1 heterocycles. The topological polar surface area (TPSA) is 73.6 Å². The highest BCUT2D eigenvalue weighted by Crippen LogP contribution is 2.22. The molecule has 3 aromatic rings. The lowest BCUT2D eigenvalue weighted by Crippen LogP contribution is -2.37. The number of benzene rings is 2. The predicted octanol–water partition coefficient (Wildman–Crippen LogP) is 4.60. The van der Waals surface area contributed by atoms with Crippen molar-refractivity contribution in [2.45, 2.75) is 26.4 Å². The maximum absolute atomic E-state index is 11.1. The average Bonchev–Trinajstić information content (AvgIpc) is 3.24. The van der Waals surface area contributed by atoms with Gasteiger partial charge in [-0.3, -0.25) is 0 Å². The number of carbonyl (C=O) groups is 1. The first kappa shape index (κ1) is 20.2. The van der Waals surface area contributed by atoms with Crippen LogP contribution in [-0.2, 0) is 4.79 Å². The number of imidazole rings is 1. The molecule has 0 aliphatic rings. The Morgan fingerprint density at radius 3 is 2.34 bits per heavy atom. The number of carboxylic acids is 1. The molecule has 29 heavy (non-hydrogen) atoms. The summed E-state index contributed by atoms with van der Waals surface area (Å²) >= 11 is 0. The highest BCUT2D eigenvalue weighted by molar-refractivity contribution is 5.76. The molecule has 3 rings (SSSR count). The van der Waals surface area contributed by atoms with E-state index in [-0.39, 0.29) is 0 Å². The second-order valence-electron chi connectivity index (χ2n) is 7.10. The molecule has 0 saturated heterocycles. The van der Waals surface area contributed by atoms with Gasteiger partial charge in [0.25, 0.3) is 0 Å². The van der Waals surface area contributed by atoms with Gasteiger partial charge >= 0.3 is 5.97 Å². The van der Waals surface area contributed by atoms with Gasteiger partial charge in [-0.25, -0.2) is 9.78 Å². The van der Waals surface area contributed by atoms with Crippen LogP contribution in [0.1, 0.15) is 26.3 Å². The van der Waals surface area contributed by atoms with Crippen LogP contribution >= 0.6 is 0 Å². The molecule has 1 aromatic heterocycles. The largest absolute Gasteiger partial charge is 0.490 e. The number of hydrogen-bond donors (Lipinski definition) is 1. The van der Waals surface area contributed by atoms with Gasteiger partial charge in [-0.1, -0.05) is 12.1 Å². The van der Waals surface area contributed by atoms with Crippen LogP contribution in [0.3, 0.4) is 0 Å². The molecule has 0 radical (unpaired) electrons. The van der Waals surface area contributed by atoms with Crippen molar-refractivity contribution in [3.05, 3.63) is 78.9 Å². The molecule has 0 amide bonds. The summed E-state index contributed by atoms with van der Waals surface area (Å²) in [4.78, 5) is 15.2. The lowest BCUT2D eigenvalue weighted by Gasteiger charge is -2.21. The summed E-state index contributed by atoms with van der Waals surface area (Å²) in [5.41, 5.74) is 2.02. The molecule has 6 heteroatoms. The number of aliphatic carboxylic acids is 1. The van der Waals surface area contributed by atoms with Crippen LogP contribution in [0, 0.1) is 0 Å². The van der Waals surface area contributed by atoms with E-state index in [9.17, 15) is 4.79 Å². The summed E-state index contributed by atoms with van der Waals surface area (Å²) in [5.74, 6) is 0.149. The SMILES string of the molecule is C/C(=C\COc1ccc(OC(C)(C)C(=O)O)cc1)c1ccc(-n2ccnc2)cc1. The Balaban J connectivity index is 1.56. The summed E-state index contributed by atoms with van der Waals surface area (Å²) in [7, 11) is 0. The zero-order chi connectivity index (χ0) is 20.9. The number of aromatic nitrogens is 2. The number of carboxylic acid groups (broad SMARTS) is 1. The third-order valence-corrected chi connectivity index (χ3v) is 4.48. The molecule has 0 saturated carbocycles. The van der Waals surface area contributed by atoms with Crippen LogP contribution in [0.4, 0.5) is 0 Å². The quantitative estimate of drug-likeness (QED) is 0.607. The summed E-state index contributed by atoms with van der Waals surface area (Å²) in [5, 5.41) is 9.12. The third kappa shape index (κ3) is 5.25. The summed E-state index contributed by atoms with van der Waals surface area (Å²) < 4.78 is 13.2. The Morgan fingerprint density at radius 1 is 1.10 bits per heavy atom. The lowest BCUT2D eigenvalue weighted by atomic mass is 10.1. The predicted molar refractivity (Wildman–Crippen MR) is 111 cm³/mol. The summed E-state index contributed by atoms with van der Waals surface area (Å²) in [6.45, 7) is 5.49. The van der Waals surface area contributed by atoms with Gasteiger partial charge in [0.2, 0.25) is 0 Å². The van der Waals surface area contributed by atoms with Gasteiger partial charge < -0.3 is 19.1 Å². The molecular weight excluding hydrogens is 368 g/mol. The first-order valence-electron chi connectivity index (χ1n) is 9.26. The van der Waals surface area contributed by atoms with Gasteiger partial charge in [0, 0.05) is 18.1 Å². The van der Waals surface area contributed by atoms with E-state index in [1.807, 2.05) is 35.9 Å². The van der Waals surface area contributed by atoms with Gasteiger partial charge in [-0.15, -0.1) is 0 Å². The number of hydrogen-bond acceptors (Lipinski definition) is 4. The molecule has 150 valence electrons. The lowest BCUT2D eigenvalue weighted by molar-refractivity contribution is -0.152. The first-order valence-corrected chi connectivity index (χ1v) is 9.26. The smallest absolute Gasteiger partial charge is 0.347 e. The standard InChI is InChI=1S/C23H24N2O4/c1-17(18-4-6-19(7-5-18)25-14-13-24-16-25)12-15-28-20-8-10-21(11-9-20)29-23(2,3)22(26)27/h4-14,16H,15H2,1-3H3,(H,26,27)/b17-12+. The molecule has 0 aliphatic carbocycles. The van der Waals surface area contributed by atoms with Crippen molar-refractivity contribution in [3.8, 4) is 17.2 Å². The van der Waals surface area contributed by atoms with Crippen molar-refractivity contribution in [2.24, 2.45) is 0 Å². The maximum atomic E-state index is 11.1. The number of nitrogens with zero attached hydrogens (tertiary/aromatic N) is 2. The van der Waals surface area contributed by atoms with E-state index in [1.165, 1.54) is 13.8 Å². The van der Waals surface area contributed by atoms with Crippen LogP contribution in [0.5, 0.6) is 11.5 Å². The second-order valence-corrected chi connectivity index (χ2v) is 7.10. The molecule has 6 nitrogen and oxygen atoms in total. The van der Waals surface area contributed by atoms with Crippen molar-refractivity contribution in [3.63, 3.8) is 0 Å². The summed E-state index contributed by atoms with van der Waals surface area (Å²) in [6.07, 6.45) is 7.45. The third-order valence-electron chi connectivity index (χ3n) is 4.48. The minimum Gasteiger partial charge on any atom is -0.490 e. The van der Waals surface area contributed by atoms with E-state index in [0.717, 1.165) is 16.8 Å². The molecule has 0 unspecified atom stereocenters. The Kier molecular flexibility index (Phi) is 6.02. The number of allylic oxidation sites excluding steroid dienone is 1. The fourth-order valence-electron chi connectivity index (χ4n) is 2.63. The first-order chi connectivity index (χ1) is 13.8. The van der Waals surface area contributed by atoms with Crippen LogP contribution in [0.2, 0.25) is 0 Å². The fourth-order valence-corrected chi connectivity index (χ4v) is 2.63. The fraction of sp³-hybridized carbons (Fsp3) is 0.217. The molecule has 1 N–H and O–H groups in total. The van der Waals surface area contributed by atoms with E-state index in [4.69, 9.17) is 14.6 Å². The molecule has 0 spiro atoms. The zero-order valence-electron chi connectivity index (χ0n) is 16.7. The van der Waals surface area contributed by atoms with Gasteiger partial charge in [0.1, 0.15) is 18.1 Å². The van der Waals surface area contributed by atoms with Gasteiger partial charge in [0.05, 0.1) is 6.33 Å². The van der Waals surface area contributed by atoms with Crippen LogP contribution < -0.4 is 9.47 Å². The Labute approximate surface area is 170 Å². The van der Waals surface area contributed by atoms with E-state index >= 15 is 0 Å². The van der Waals surface area contributed by atoms with Gasteiger partial charge in [0.15, 0.2) is 5.60 Å². The molecule has 0 fully saturated rings. The van der Waals surface area contributed by atoms with Crippen molar-refractivity contribution in [1.82, 2.24) is 9.55 Å². The van der Waals surface area contributed by atoms with E-state index < -0.39 is 11.6 Å². The minimum atomic E-state index is -1.28. The van der Waals surface area contributed by atoms with Crippen LogP contribution in [-0.4, -0.2) is 32.8 Å². The number of ether oxygens (including phenoxy) is 2. The summed E-state index contributed by atoms with van der Waals surface area (Å²) in [6, 6.07) is 15.2. The molecule has 2 aromatic carbocycles. The molecule has 0 aliphatic heterocycles. The van der Waals surface area contributed by atoms with Gasteiger partial charge in [-0.05, 0) is 74.4 Å². The van der Waals surface area contributed by atoms with E-state index in [2.05, 4.69) is 17.1 Å². The highest BCUT2D eigenvalue weighted by atomic mass is 16.5. The minimum absolute atomic E-state index is 0.427. The van der Waals surface area contributed by atoms with Crippen molar-refractivity contribution in [2.75, 3.05) is 6.61 Å². The Bertz CT molecular complexity index is 973. The van der Waals surface area contributed by atoms with Crippen LogP contribution in [0.25, 0.3) is 11.3 Å². The normalized spacial score (nSPS) is 11.9. The van der Waals surface area contributed by atoms with Crippen LogP contribution in [0.15, 0.2) is 73.3 Å². The van der Waals surface area contributed by atoms with Crippen molar-refractivity contribution >= 4 is 11.5 Å². The zero-order valence-corrected chi connectivity index (χ0v) is 16.7. The van der Waals surface area contributed by atoms with E-state index in [1.54, 1.807) is 36.8 Å². The van der Waals surface area contributed by atoms with Crippen molar-refractivity contribution in [1.29, 1.82) is 0 Å². The molecular formula is C23H24N2O4. The second kappa shape index (κ2) is 8.65. The molecule has 0 atom stereocenters. The number of rotatable bonds is 8. The monoisotopic (exact) mass is 392 g/mol. The Hall–Kier alpha value is -3.54. The molecule has 0 bridgehead atoms. The highest BCUT2D eigenvalue weighted by Gasteiger charge is 2.29. The van der Waals surface area contributed by atoms with Gasteiger partial charge in [-0.2, -0.15) is 0 Å². The van der Waals surface area contributed by atoms with E-state index in [0.29, 0.717) is 18.1 Å². The maximum Gasteiger partial charge on any atom is 0.347 e.